The highest BCUT2D eigenvalue weighted by Crippen LogP contribution is 2.36. The minimum Gasteiger partial charge on any atom is -0.379 e. The molecule has 8 heteroatoms. The second-order valence-corrected chi connectivity index (χ2v) is 7.47. The fraction of sp³-hybridized carbons (Fsp3) is 0.273. The number of hydrogen-bond donors (Lipinski definition) is 1. The van der Waals surface area contributed by atoms with Crippen molar-refractivity contribution >= 4 is 11.6 Å². The lowest BCUT2D eigenvalue weighted by Gasteiger charge is -2.17. The zero-order valence-electron chi connectivity index (χ0n) is 16.5. The third kappa shape index (κ3) is 4.07. The number of alkyl halides is 3. The van der Waals surface area contributed by atoms with Crippen LogP contribution in [0.4, 0.5) is 13.2 Å². The second-order valence-electron chi connectivity index (χ2n) is 7.11. The van der Waals surface area contributed by atoms with Crippen LogP contribution in [-0.4, -0.2) is 20.8 Å². The van der Waals surface area contributed by atoms with Gasteiger partial charge in [0.05, 0.1) is 11.6 Å². The molecular weight excluding hydrogens is 415 g/mol. The molecule has 0 spiro atoms. The smallest absolute Gasteiger partial charge is 0.379 e. The molecule has 0 bridgehead atoms. The quantitative estimate of drug-likeness (QED) is 0.541. The van der Waals surface area contributed by atoms with Gasteiger partial charge in [-0.25, -0.2) is 4.98 Å². The number of aliphatic hydroxyl groups is 1. The molecule has 0 fully saturated rings. The molecule has 156 valence electrons. The lowest BCUT2D eigenvalue weighted by atomic mass is 10.0. The first-order chi connectivity index (χ1) is 14.0. The maximum Gasteiger partial charge on any atom is 0.418 e. The van der Waals surface area contributed by atoms with Crippen LogP contribution in [0.1, 0.15) is 39.7 Å². The molecule has 2 heterocycles. The molecule has 1 aromatic carbocycles. The molecule has 0 aliphatic rings. The number of nitrogens with zero attached hydrogens (tertiary/aromatic N) is 3. The second kappa shape index (κ2) is 8.13. The topological polar surface area (TPSA) is 61.8 Å². The van der Waals surface area contributed by atoms with Gasteiger partial charge in [-0.2, -0.15) is 18.4 Å². The van der Waals surface area contributed by atoms with Gasteiger partial charge in [0.25, 0.3) is 0 Å². The first-order valence-corrected chi connectivity index (χ1v) is 9.48. The van der Waals surface area contributed by atoms with Crippen molar-refractivity contribution in [2.75, 3.05) is 0 Å². The van der Waals surface area contributed by atoms with Gasteiger partial charge in [0, 0.05) is 35.3 Å². The molecule has 0 aliphatic carbocycles. The van der Waals surface area contributed by atoms with Crippen molar-refractivity contribution in [3.63, 3.8) is 0 Å². The number of aromatic nitrogens is 2. The van der Waals surface area contributed by atoms with E-state index < -0.39 is 17.8 Å². The van der Waals surface area contributed by atoms with Crippen molar-refractivity contribution in [1.82, 2.24) is 9.55 Å². The van der Waals surface area contributed by atoms with E-state index in [2.05, 4.69) is 11.1 Å². The molecule has 0 radical (unpaired) electrons. The first-order valence-electron chi connectivity index (χ1n) is 9.10. The van der Waals surface area contributed by atoms with E-state index >= 15 is 0 Å². The van der Waals surface area contributed by atoms with Crippen LogP contribution in [0.3, 0.4) is 0 Å². The lowest BCUT2D eigenvalue weighted by Crippen LogP contribution is -2.21. The van der Waals surface area contributed by atoms with Crippen LogP contribution in [0.15, 0.2) is 36.5 Å². The van der Waals surface area contributed by atoms with Crippen molar-refractivity contribution in [3.05, 3.63) is 75.3 Å². The van der Waals surface area contributed by atoms with E-state index in [1.807, 2.05) is 37.5 Å². The maximum absolute atomic E-state index is 12.9. The van der Waals surface area contributed by atoms with Crippen molar-refractivity contribution in [2.45, 2.75) is 39.6 Å². The zero-order chi connectivity index (χ0) is 22.2. The van der Waals surface area contributed by atoms with Gasteiger partial charge in [-0.05, 0) is 55.7 Å². The fourth-order valence-corrected chi connectivity index (χ4v) is 3.77. The van der Waals surface area contributed by atoms with Gasteiger partial charge in [-0.3, -0.25) is 0 Å². The molecule has 0 aliphatic heterocycles. The van der Waals surface area contributed by atoms with Crippen LogP contribution in [0.2, 0.25) is 5.15 Å². The van der Waals surface area contributed by atoms with E-state index in [4.69, 9.17) is 16.9 Å². The van der Waals surface area contributed by atoms with Gasteiger partial charge in [0.1, 0.15) is 5.15 Å². The molecule has 0 saturated carbocycles. The van der Waals surface area contributed by atoms with Crippen LogP contribution in [0, 0.1) is 32.1 Å². The summed E-state index contributed by atoms with van der Waals surface area (Å²) in [4.78, 5) is 3.84. The summed E-state index contributed by atoms with van der Waals surface area (Å²) in [5, 5.41) is 18.2. The molecule has 2 aromatic heterocycles. The number of rotatable bonds is 4. The zero-order valence-corrected chi connectivity index (χ0v) is 17.3. The lowest BCUT2D eigenvalue weighted by molar-refractivity contribution is -0.206. The van der Waals surface area contributed by atoms with Crippen molar-refractivity contribution in [1.29, 1.82) is 5.26 Å². The fourth-order valence-electron chi connectivity index (χ4n) is 3.56. The van der Waals surface area contributed by atoms with Crippen LogP contribution >= 0.6 is 11.6 Å². The van der Waals surface area contributed by atoms with Gasteiger partial charge in [-0.15, -0.1) is 0 Å². The van der Waals surface area contributed by atoms with E-state index in [9.17, 15) is 18.3 Å². The molecule has 0 saturated heterocycles. The average molecular weight is 434 g/mol. The van der Waals surface area contributed by atoms with Crippen LogP contribution < -0.4 is 0 Å². The Labute approximate surface area is 177 Å². The number of hydrogen-bond acceptors (Lipinski definition) is 3. The Hall–Kier alpha value is -2.82. The Kier molecular flexibility index (Phi) is 5.93. The molecule has 1 atom stereocenters. The first kappa shape index (κ1) is 21.9. The number of aliphatic hydroxyl groups excluding tert-OH is 1. The standard InChI is InChI=1S/C22H19ClF3N3O/c1-12-13(2)29(14(3)19(12)17-6-4-15(9-27)5-7-17)11-16-8-18(21(23)28-10-16)20(30)22(24,25)26/h4-8,10,20,30H,11H2,1-3H3. The Morgan fingerprint density at radius 2 is 1.80 bits per heavy atom. The SMILES string of the molecule is Cc1c(-c2ccc(C#N)cc2)c(C)n(Cc2cnc(Cl)c(C(O)C(F)(F)F)c2)c1C. The molecule has 0 amide bonds. The Bertz CT molecular complexity index is 1130. The molecule has 4 nitrogen and oxygen atoms in total. The third-order valence-electron chi connectivity index (χ3n) is 5.26. The summed E-state index contributed by atoms with van der Waals surface area (Å²) >= 11 is 5.80. The summed E-state index contributed by atoms with van der Waals surface area (Å²) in [5.74, 6) is 0. The van der Waals surface area contributed by atoms with Gasteiger partial charge in [-0.1, -0.05) is 23.7 Å². The minimum atomic E-state index is -4.83. The van der Waals surface area contributed by atoms with Gasteiger partial charge < -0.3 is 9.67 Å². The Balaban J connectivity index is 2.01. The molecule has 1 N–H and O–H groups in total. The summed E-state index contributed by atoms with van der Waals surface area (Å²) in [7, 11) is 0. The highest BCUT2D eigenvalue weighted by atomic mass is 35.5. The third-order valence-corrected chi connectivity index (χ3v) is 5.58. The molecular formula is C22H19ClF3N3O. The van der Waals surface area contributed by atoms with E-state index in [1.165, 1.54) is 12.3 Å². The minimum absolute atomic E-state index is 0.274. The summed E-state index contributed by atoms with van der Waals surface area (Å²) in [6.45, 7) is 6.12. The number of pyridine rings is 1. The van der Waals surface area contributed by atoms with Gasteiger partial charge in [0.2, 0.25) is 0 Å². The average Bonchev–Trinajstić information content (AvgIpc) is 2.91. The van der Waals surface area contributed by atoms with Crippen molar-refractivity contribution < 1.29 is 18.3 Å². The number of benzene rings is 1. The summed E-state index contributed by atoms with van der Waals surface area (Å²) < 4.78 is 40.8. The normalized spacial score (nSPS) is 12.6. The Morgan fingerprint density at radius 3 is 2.37 bits per heavy atom. The van der Waals surface area contributed by atoms with E-state index in [0.717, 1.165) is 28.1 Å². The monoisotopic (exact) mass is 433 g/mol. The van der Waals surface area contributed by atoms with Crippen LogP contribution in [0.25, 0.3) is 11.1 Å². The highest BCUT2D eigenvalue weighted by Gasteiger charge is 2.41. The van der Waals surface area contributed by atoms with Crippen LogP contribution in [-0.2, 0) is 6.54 Å². The summed E-state index contributed by atoms with van der Waals surface area (Å²) in [6.07, 6.45) is -6.12. The number of halogens is 4. The largest absolute Gasteiger partial charge is 0.418 e. The molecule has 1 unspecified atom stereocenters. The van der Waals surface area contributed by atoms with Gasteiger partial charge >= 0.3 is 6.18 Å². The molecule has 30 heavy (non-hydrogen) atoms. The Morgan fingerprint density at radius 1 is 1.17 bits per heavy atom. The van der Waals surface area contributed by atoms with Crippen molar-refractivity contribution in [3.8, 4) is 17.2 Å². The van der Waals surface area contributed by atoms with E-state index in [1.54, 1.807) is 12.1 Å². The van der Waals surface area contributed by atoms with Gasteiger partial charge in [0.15, 0.2) is 6.10 Å². The summed E-state index contributed by atoms with van der Waals surface area (Å²) in [5.41, 5.74) is 5.48. The van der Waals surface area contributed by atoms with E-state index in [0.29, 0.717) is 11.1 Å². The predicted molar refractivity (Wildman–Crippen MR) is 108 cm³/mol. The van der Waals surface area contributed by atoms with E-state index in [-0.39, 0.29) is 11.7 Å². The maximum atomic E-state index is 12.9. The number of nitriles is 1. The van der Waals surface area contributed by atoms with Crippen molar-refractivity contribution in [2.24, 2.45) is 0 Å². The molecule has 3 aromatic rings. The molecule has 3 rings (SSSR count). The summed E-state index contributed by atoms with van der Waals surface area (Å²) in [6, 6.07) is 10.6. The highest BCUT2D eigenvalue weighted by molar-refractivity contribution is 6.30. The predicted octanol–water partition coefficient (Wildman–Crippen LogP) is 5.64. The van der Waals surface area contributed by atoms with Crippen LogP contribution in [0.5, 0.6) is 0 Å².